The molecule has 8 heteroatoms. The van der Waals surface area contributed by atoms with Gasteiger partial charge >= 0.3 is 0 Å². The Morgan fingerprint density at radius 2 is 0.696 bits per heavy atom. The first kappa shape index (κ1) is 30.6. The fourth-order valence-electron chi connectivity index (χ4n) is 7.98. The maximum atomic E-state index is 6.61. The summed E-state index contributed by atoms with van der Waals surface area (Å²) in [4.78, 5) is 14.6. The molecule has 2 aromatic heterocycles. The Morgan fingerprint density at radius 3 is 1.07 bits per heavy atom. The van der Waals surface area contributed by atoms with Crippen molar-refractivity contribution in [2.75, 3.05) is 9.80 Å². The Bertz CT molecular complexity index is 2830. The third-order valence-electron chi connectivity index (χ3n) is 10.5. The van der Waals surface area contributed by atoms with Gasteiger partial charge < -0.3 is 28.1 Å². The second-order valence-corrected chi connectivity index (χ2v) is 13.8. The predicted octanol–water partition coefficient (Wildman–Crippen LogP) is 13.6. The van der Waals surface area contributed by atoms with Crippen LogP contribution in [0.2, 0.25) is 0 Å². The summed E-state index contributed by atoms with van der Waals surface area (Å²) in [7, 11) is 0. The summed E-state index contributed by atoms with van der Waals surface area (Å²) in [6.45, 7) is 0. The molecular weight excluding hydrogens is 697 g/mol. The smallest absolute Gasteiger partial charge is 0.228 e. The largest absolute Gasteiger partial charge is 0.453 e. The van der Waals surface area contributed by atoms with E-state index in [1.54, 1.807) is 0 Å². The van der Waals surface area contributed by atoms with Crippen LogP contribution in [-0.4, -0.2) is 9.97 Å². The van der Waals surface area contributed by atoms with Gasteiger partial charge in [0.25, 0.3) is 0 Å². The molecule has 0 fully saturated rings. The summed E-state index contributed by atoms with van der Waals surface area (Å²) in [5, 5.41) is 1.82. The van der Waals surface area contributed by atoms with Crippen LogP contribution in [0.4, 0.5) is 34.1 Å². The third kappa shape index (κ3) is 4.66. The van der Waals surface area contributed by atoms with Crippen molar-refractivity contribution in [2.45, 2.75) is 0 Å². The molecule has 2 aliphatic rings. The van der Waals surface area contributed by atoms with Gasteiger partial charge in [0.1, 0.15) is 11.0 Å². The maximum Gasteiger partial charge on any atom is 0.228 e. The lowest BCUT2D eigenvalue weighted by Gasteiger charge is -2.34. The van der Waals surface area contributed by atoms with Gasteiger partial charge in [0.2, 0.25) is 11.8 Å². The Balaban J connectivity index is 1.21. The molecule has 56 heavy (non-hydrogen) atoms. The van der Waals surface area contributed by atoms with Crippen molar-refractivity contribution in [3.8, 4) is 45.9 Å². The van der Waals surface area contributed by atoms with Crippen LogP contribution in [0, 0.1) is 0 Å². The number of para-hydroxylation sites is 12. The first-order valence-electron chi connectivity index (χ1n) is 18.4. The standard InChI is InChI=1S/C48H28N4O4/c1-7-19-41-35(13-1)49-47(55-41)33-27-29(51-37-15-3-9-21-43(37)53-44-22-10-4-16-38(44)51)26-32-31(33)25-30(28-34(32)48-50-36-14-2-8-20-42(36)56-48)52-39-17-5-11-23-45(39)54-46-24-12-6-18-40(46)52/h1-28H. The van der Waals surface area contributed by atoms with Crippen LogP contribution in [0.25, 0.3) is 55.9 Å². The van der Waals surface area contributed by atoms with Crippen molar-refractivity contribution < 1.29 is 18.3 Å². The molecule has 10 aromatic rings. The quantitative estimate of drug-likeness (QED) is 0.178. The summed E-state index contributed by atoms with van der Waals surface area (Å²) < 4.78 is 26.1. The molecule has 8 nitrogen and oxygen atoms in total. The van der Waals surface area contributed by atoms with Crippen molar-refractivity contribution in [3.05, 3.63) is 170 Å². The first-order chi connectivity index (χ1) is 27.7. The Hall–Kier alpha value is -7.84. The van der Waals surface area contributed by atoms with Gasteiger partial charge in [-0.2, -0.15) is 0 Å². The highest BCUT2D eigenvalue weighted by Crippen LogP contribution is 2.54. The number of hydrogen-bond donors (Lipinski definition) is 0. The van der Waals surface area contributed by atoms with Gasteiger partial charge in [-0.1, -0.05) is 72.8 Å². The highest BCUT2D eigenvalue weighted by atomic mass is 16.5. The van der Waals surface area contributed by atoms with E-state index in [4.69, 9.17) is 28.3 Å². The molecule has 0 radical (unpaired) electrons. The first-order valence-corrected chi connectivity index (χ1v) is 18.4. The van der Waals surface area contributed by atoms with Crippen LogP contribution in [0.15, 0.2) is 179 Å². The van der Waals surface area contributed by atoms with Crippen molar-refractivity contribution in [2.24, 2.45) is 0 Å². The number of oxazole rings is 2. The fourth-order valence-corrected chi connectivity index (χ4v) is 7.98. The van der Waals surface area contributed by atoms with Crippen LogP contribution in [0.3, 0.4) is 0 Å². The zero-order valence-corrected chi connectivity index (χ0v) is 29.6. The minimum atomic E-state index is 0.497. The molecule has 0 N–H and O–H groups in total. The van der Waals surface area contributed by atoms with Crippen molar-refractivity contribution >= 4 is 67.1 Å². The highest BCUT2D eigenvalue weighted by molar-refractivity contribution is 6.09. The van der Waals surface area contributed by atoms with E-state index in [1.165, 1.54) is 0 Å². The van der Waals surface area contributed by atoms with Gasteiger partial charge in [0, 0.05) is 22.5 Å². The average Bonchev–Trinajstić information content (AvgIpc) is 3.89. The van der Waals surface area contributed by atoms with Gasteiger partial charge in [0.05, 0.1) is 22.7 Å². The molecule has 0 unspecified atom stereocenters. The van der Waals surface area contributed by atoms with E-state index < -0.39 is 0 Å². The number of nitrogens with zero attached hydrogens (tertiary/aromatic N) is 4. The molecular formula is C48H28N4O4. The second-order valence-electron chi connectivity index (χ2n) is 13.8. The van der Waals surface area contributed by atoms with Gasteiger partial charge in [-0.05, 0) is 108 Å². The van der Waals surface area contributed by atoms with E-state index in [0.717, 1.165) is 90.1 Å². The molecule has 0 atom stereocenters. The van der Waals surface area contributed by atoms with Crippen LogP contribution < -0.4 is 19.3 Å². The summed E-state index contributed by atoms with van der Waals surface area (Å²) in [6, 6.07) is 56.8. The Morgan fingerprint density at radius 1 is 0.357 bits per heavy atom. The number of hydrogen-bond acceptors (Lipinski definition) is 8. The SMILES string of the molecule is c1ccc2c(c1)Oc1ccccc1N2c1cc(-c2nc3ccccc3o2)c2cc(N3c4ccccc4Oc4ccccc43)cc(-c3nc4ccccc4o3)c2c1. The van der Waals surface area contributed by atoms with Gasteiger partial charge in [-0.15, -0.1) is 0 Å². The number of fused-ring (bicyclic) bond motifs is 7. The van der Waals surface area contributed by atoms with Gasteiger partial charge in [0.15, 0.2) is 34.2 Å². The van der Waals surface area contributed by atoms with E-state index in [0.29, 0.717) is 22.9 Å². The van der Waals surface area contributed by atoms with E-state index in [1.807, 2.05) is 121 Å². The molecule has 8 aromatic carbocycles. The maximum absolute atomic E-state index is 6.61. The highest BCUT2D eigenvalue weighted by Gasteiger charge is 2.30. The average molecular weight is 725 g/mol. The number of rotatable bonds is 4. The summed E-state index contributed by atoms with van der Waals surface area (Å²) in [5.74, 6) is 4.03. The Labute approximate surface area is 320 Å². The van der Waals surface area contributed by atoms with Crippen molar-refractivity contribution in [3.63, 3.8) is 0 Å². The minimum Gasteiger partial charge on any atom is -0.453 e. The summed E-state index contributed by atoms with van der Waals surface area (Å²) in [6.07, 6.45) is 0. The van der Waals surface area contributed by atoms with Crippen LogP contribution in [0.5, 0.6) is 23.0 Å². The fraction of sp³-hybridized carbons (Fsp3) is 0. The van der Waals surface area contributed by atoms with E-state index in [9.17, 15) is 0 Å². The van der Waals surface area contributed by atoms with Crippen molar-refractivity contribution in [1.29, 1.82) is 0 Å². The van der Waals surface area contributed by atoms with Crippen molar-refractivity contribution in [1.82, 2.24) is 9.97 Å². The van der Waals surface area contributed by atoms with Gasteiger partial charge in [-0.3, -0.25) is 0 Å². The lowest BCUT2D eigenvalue weighted by atomic mass is 9.95. The number of benzene rings is 8. The zero-order valence-electron chi connectivity index (χ0n) is 29.6. The normalized spacial score (nSPS) is 12.9. The zero-order chi connectivity index (χ0) is 36.7. The third-order valence-corrected chi connectivity index (χ3v) is 10.5. The monoisotopic (exact) mass is 724 g/mol. The molecule has 0 amide bonds. The van der Waals surface area contributed by atoms with Crippen LogP contribution in [-0.2, 0) is 0 Å². The molecule has 12 rings (SSSR count). The molecule has 0 aliphatic carbocycles. The Kier molecular flexibility index (Phi) is 6.47. The topological polar surface area (TPSA) is 77.0 Å². The summed E-state index contributed by atoms with van der Waals surface area (Å²) >= 11 is 0. The molecule has 4 heterocycles. The lowest BCUT2D eigenvalue weighted by Crippen LogP contribution is -2.16. The van der Waals surface area contributed by atoms with E-state index in [-0.39, 0.29) is 0 Å². The molecule has 0 spiro atoms. The van der Waals surface area contributed by atoms with Gasteiger partial charge in [-0.25, -0.2) is 9.97 Å². The molecule has 264 valence electrons. The molecule has 0 bridgehead atoms. The van der Waals surface area contributed by atoms with E-state index >= 15 is 0 Å². The number of anilines is 6. The summed E-state index contributed by atoms with van der Waals surface area (Å²) in [5.41, 5.74) is 10.0. The van der Waals surface area contributed by atoms with E-state index in [2.05, 4.69) is 58.3 Å². The lowest BCUT2D eigenvalue weighted by molar-refractivity contribution is 0.476. The number of aromatic nitrogens is 2. The predicted molar refractivity (Wildman–Crippen MR) is 219 cm³/mol. The number of ether oxygens (including phenoxy) is 2. The minimum absolute atomic E-state index is 0.497. The molecule has 0 saturated carbocycles. The van der Waals surface area contributed by atoms with Crippen LogP contribution in [0.1, 0.15) is 0 Å². The second kappa shape index (κ2) is 11.8. The molecule has 2 aliphatic heterocycles. The van der Waals surface area contributed by atoms with Crippen LogP contribution >= 0.6 is 0 Å². The molecule has 0 saturated heterocycles.